The minimum Gasteiger partial charge on any atom is -0.442 e. The summed E-state index contributed by atoms with van der Waals surface area (Å²) in [7, 11) is 0. The van der Waals surface area contributed by atoms with Crippen LogP contribution in [0.2, 0.25) is 0 Å². The van der Waals surface area contributed by atoms with Gasteiger partial charge in [-0.05, 0) is 38.1 Å². The van der Waals surface area contributed by atoms with Gasteiger partial charge >= 0.3 is 6.09 Å². The quantitative estimate of drug-likeness (QED) is 0.849. The molecule has 0 aliphatic heterocycles. The zero-order valence-corrected chi connectivity index (χ0v) is 11.6. The molecular weight excluding hydrogens is 240 g/mol. The number of carbonyl (C=O) groups is 1. The molecule has 0 radical (unpaired) electrons. The molecule has 19 heavy (non-hydrogen) atoms. The first-order valence-corrected chi connectivity index (χ1v) is 6.12. The summed E-state index contributed by atoms with van der Waals surface area (Å²) in [5, 5.41) is 0. The van der Waals surface area contributed by atoms with Crippen molar-refractivity contribution in [3.63, 3.8) is 0 Å². The molecular formula is C15H20N2O2. The topological polar surface area (TPSA) is 64.7 Å². The van der Waals surface area contributed by atoms with E-state index in [1.807, 2.05) is 30.3 Å². The second-order valence-electron chi connectivity index (χ2n) is 5.14. The third-order valence-corrected chi connectivity index (χ3v) is 2.19. The van der Waals surface area contributed by atoms with Crippen LogP contribution in [0.15, 0.2) is 47.1 Å². The Balaban J connectivity index is 2.61. The zero-order chi connectivity index (χ0) is 14.3. The van der Waals surface area contributed by atoms with E-state index in [1.165, 1.54) is 12.4 Å². The third-order valence-electron chi connectivity index (χ3n) is 2.19. The largest absolute Gasteiger partial charge is 0.442 e. The van der Waals surface area contributed by atoms with Crippen LogP contribution in [0.3, 0.4) is 0 Å². The summed E-state index contributed by atoms with van der Waals surface area (Å²) >= 11 is 0. The van der Waals surface area contributed by atoms with Gasteiger partial charge in [0, 0.05) is 12.6 Å². The maximum absolute atomic E-state index is 11.4. The van der Waals surface area contributed by atoms with Crippen LogP contribution in [0.25, 0.3) is 0 Å². The lowest BCUT2D eigenvalue weighted by molar-refractivity contribution is 0.0605. The molecule has 0 unspecified atom stereocenters. The van der Waals surface area contributed by atoms with Gasteiger partial charge in [-0.2, -0.15) is 4.99 Å². The van der Waals surface area contributed by atoms with Gasteiger partial charge in [0.15, 0.2) is 0 Å². The van der Waals surface area contributed by atoms with Crippen molar-refractivity contribution in [1.82, 2.24) is 0 Å². The van der Waals surface area contributed by atoms with Crippen molar-refractivity contribution in [2.24, 2.45) is 10.7 Å². The van der Waals surface area contributed by atoms with Gasteiger partial charge in [0.1, 0.15) is 5.60 Å². The van der Waals surface area contributed by atoms with Crippen LogP contribution < -0.4 is 5.73 Å². The standard InChI is InChI=1S/C15H20N2O2/c1-15(2,3)19-14(18)17-11-13(10-16)9-12-7-5-4-6-8-12/h4-8,10-11H,9,16H2,1-3H3/b13-10-,17-11+. The molecule has 0 fully saturated rings. The second kappa shape index (κ2) is 6.73. The number of nitrogens with zero attached hydrogens (tertiary/aromatic N) is 1. The molecule has 0 aromatic heterocycles. The van der Waals surface area contributed by atoms with Gasteiger partial charge in [-0.1, -0.05) is 30.3 Å². The SMILES string of the molecule is CC(C)(C)OC(=O)/N=C/C(=C\N)Cc1ccccc1. The molecule has 2 N–H and O–H groups in total. The number of amides is 1. The summed E-state index contributed by atoms with van der Waals surface area (Å²) < 4.78 is 5.08. The fraction of sp³-hybridized carbons (Fsp3) is 0.333. The number of hydrogen-bond acceptors (Lipinski definition) is 3. The number of rotatable bonds is 3. The molecule has 0 bridgehead atoms. The molecule has 0 saturated carbocycles. The van der Waals surface area contributed by atoms with E-state index < -0.39 is 11.7 Å². The van der Waals surface area contributed by atoms with Crippen LogP contribution in [0.1, 0.15) is 26.3 Å². The van der Waals surface area contributed by atoms with Crippen LogP contribution >= 0.6 is 0 Å². The summed E-state index contributed by atoms with van der Waals surface area (Å²) in [6.45, 7) is 5.39. The maximum Gasteiger partial charge on any atom is 0.434 e. The van der Waals surface area contributed by atoms with Crippen molar-refractivity contribution >= 4 is 12.3 Å². The number of carbonyl (C=O) groups excluding carboxylic acids is 1. The molecule has 0 heterocycles. The van der Waals surface area contributed by atoms with E-state index in [4.69, 9.17) is 10.5 Å². The Labute approximate surface area is 114 Å². The van der Waals surface area contributed by atoms with Crippen LogP contribution in [-0.4, -0.2) is 17.9 Å². The van der Waals surface area contributed by atoms with Crippen LogP contribution in [0.5, 0.6) is 0 Å². The number of benzene rings is 1. The first kappa shape index (κ1) is 15.0. The van der Waals surface area contributed by atoms with Crippen LogP contribution in [-0.2, 0) is 11.2 Å². The van der Waals surface area contributed by atoms with Crippen molar-refractivity contribution in [1.29, 1.82) is 0 Å². The van der Waals surface area contributed by atoms with E-state index in [0.717, 1.165) is 11.1 Å². The summed E-state index contributed by atoms with van der Waals surface area (Å²) in [6.07, 6.45) is 2.91. The van der Waals surface area contributed by atoms with Crippen molar-refractivity contribution in [2.75, 3.05) is 0 Å². The van der Waals surface area contributed by atoms with E-state index in [-0.39, 0.29) is 0 Å². The highest BCUT2D eigenvalue weighted by Crippen LogP contribution is 2.09. The fourth-order valence-electron chi connectivity index (χ4n) is 1.40. The average molecular weight is 260 g/mol. The lowest BCUT2D eigenvalue weighted by Gasteiger charge is -2.17. The molecule has 0 aliphatic rings. The normalized spacial score (nSPS) is 12.7. The molecule has 4 nitrogen and oxygen atoms in total. The third kappa shape index (κ3) is 6.41. The Hall–Kier alpha value is -2.10. The smallest absolute Gasteiger partial charge is 0.434 e. The Morgan fingerprint density at radius 1 is 1.32 bits per heavy atom. The summed E-state index contributed by atoms with van der Waals surface area (Å²) in [5.74, 6) is 0. The van der Waals surface area contributed by atoms with E-state index in [9.17, 15) is 4.79 Å². The summed E-state index contributed by atoms with van der Waals surface area (Å²) in [4.78, 5) is 15.2. The van der Waals surface area contributed by atoms with Crippen LogP contribution in [0.4, 0.5) is 4.79 Å². The predicted octanol–water partition coefficient (Wildman–Crippen LogP) is 3.08. The lowest BCUT2D eigenvalue weighted by Crippen LogP contribution is -2.22. The molecule has 1 rings (SSSR count). The molecule has 102 valence electrons. The summed E-state index contributed by atoms with van der Waals surface area (Å²) in [5.41, 5.74) is 6.85. The van der Waals surface area contributed by atoms with Crippen molar-refractivity contribution < 1.29 is 9.53 Å². The van der Waals surface area contributed by atoms with Gasteiger partial charge in [-0.3, -0.25) is 0 Å². The summed E-state index contributed by atoms with van der Waals surface area (Å²) in [6, 6.07) is 9.84. The second-order valence-corrected chi connectivity index (χ2v) is 5.14. The van der Waals surface area contributed by atoms with Gasteiger partial charge in [-0.15, -0.1) is 0 Å². The van der Waals surface area contributed by atoms with E-state index in [2.05, 4.69) is 4.99 Å². The lowest BCUT2D eigenvalue weighted by atomic mass is 10.1. The predicted molar refractivity (Wildman–Crippen MR) is 77.1 cm³/mol. The first-order valence-electron chi connectivity index (χ1n) is 6.12. The number of hydrogen-bond donors (Lipinski definition) is 1. The molecule has 1 aromatic rings. The molecule has 1 aromatic carbocycles. The molecule has 0 spiro atoms. The maximum atomic E-state index is 11.4. The fourth-order valence-corrected chi connectivity index (χ4v) is 1.40. The Bertz CT molecular complexity index is 471. The number of aliphatic imine (C=N–C) groups is 1. The van der Waals surface area contributed by atoms with Gasteiger partial charge in [0.25, 0.3) is 0 Å². The molecule has 4 heteroatoms. The van der Waals surface area contributed by atoms with Gasteiger partial charge in [0.2, 0.25) is 0 Å². The Kier molecular flexibility index (Phi) is 5.30. The zero-order valence-electron chi connectivity index (χ0n) is 11.6. The highest BCUT2D eigenvalue weighted by molar-refractivity contribution is 5.88. The first-order chi connectivity index (χ1) is 8.90. The van der Waals surface area contributed by atoms with Crippen molar-refractivity contribution in [3.8, 4) is 0 Å². The van der Waals surface area contributed by atoms with E-state index in [0.29, 0.717) is 6.42 Å². The number of allylic oxidation sites excluding steroid dienone is 1. The van der Waals surface area contributed by atoms with Gasteiger partial charge in [-0.25, -0.2) is 4.79 Å². The van der Waals surface area contributed by atoms with E-state index in [1.54, 1.807) is 20.8 Å². The highest BCUT2D eigenvalue weighted by Gasteiger charge is 2.14. The van der Waals surface area contributed by atoms with Crippen LogP contribution in [0, 0.1) is 0 Å². The molecule has 1 amide bonds. The molecule has 0 aliphatic carbocycles. The van der Waals surface area contributed by atoms with E-state index >= 15 is 0 Å². The van der Waals surface area contributed by atoms with Gasteiger partial charge < -0.3 is 10.5 Å². The average Bonchev–Trinajstić information content (AvgIpc) is 2.33. The highest BCUT2D eigenvalue weighted by atomic mass is 16.6. The Morgan fingerprint density at radius 3 is 2.47 bits per heavy atom. The number of ether oxygens (including phenoxy) is 1. The van der Waals surface area contributed by atoms with Crippen molar-refractivity contribution in [2.45, 2.75) is 32.8 Å². The number of nitrogens with two attached hydrogens (primary N) is 1. The monoisotopic (exact) mass is 260 g/mol. The molecule has 0 atom stereocenters. The van der Waals surface area contributed by atoms with Crippen molar-refractivity contribution in [3.05, 3.63) is 47.7 Å². The Morgan fingerprint density at radius 2 is 1.95 bits per heavy atom. The minimum absolute atomic E-state index is 0.541. The van der Waals surface area contributed by atoms with Gasteiger partial charge in [0.05, 0.1) is 0 Å². The molecule has 0 saturated heterocycles. The minimum atomic E-state index is -0.611.